The fourth-order valence-electron chi connectivity index (χ4n) is 1.89. The van der Waals surface area contributed by atoms with E-state index in [1.54, 1.807) is 4.90 Å². The first-order chi connectivity index (χ1) is 9.74. The topological polar surface area (TPSA) is 64.5 Å². The Bertz CT molecular complexity index is 536. The van der Waals surface area contributed by atoms with Gasteiger partial charge in [0.25, 0.3) is 5.88 Å². The Balaban J connectivity index is 1.92. The molecule has 0 aromatic carbocycles. The SMILES string of the molecule is CC(C)(C)OC(=O)N1CCC(Oc2ncc(Br)nc2Cl)C1. The maximum absolute atomic E-state index is 12.0. The van der Waals surface area contributed by atoms with Gasteiger partial charge in [0.05, 0.1) is 12.7 Å². The number of amides is 1. The van der Waals surface area contributed by atoms with Crippen LogP contribution >= 0.6 is 27.5 Å². The van der Waals surface area contributed by atoms with E-state index in [2.05, 4.69) is 25.9 Å². The second-order valence-electron chi connectivity index (χ2n) is 5.74. The van der Waals surface area contributed by atoms with Crippen LogP contribution in [0.2, 0.25) is 5.15 Å². The number of carbonyl (C=O) groups is 1. The summed E-state index contributed by atoms with van der Waals surface area (Å²) < 4.78 is 11.6. The van der Waals surface area contributed by atoms with Gasteiger partial charge in [-0.3, -0.25) is 0 Å². The number of nitrogens with zero attached hydrogens (tertiary/aromatic N) is 3. The first kappa shape index (κ1) is 16.3. The summed E-state index contributed by atoms with van der Waals surface area (Å²) in [5.41, 5.74) is -0.503. The molecule has 0 bridgehead atoms. The molecule has 2 heterocycles. The van der Waals surface area contributed by atoms with Crippen molar-refractivity contribution in [3.63, 3.8) is 0 Å². The van der Waals surface area contributed by atoms with Crippen molar-refractivity contribution in [3.8, 4) is 5.88 Å². The quantitative estimate of drug-likeness (QED) is 0.790. The molecule has 1 aromatic heterocycles. The molecule has 1 aliphatic rings. The van der Waals surface area contributed by atoms with Gasteiger partial charge in [-0.15, -0.1) is 0 Å². The maximum atomic E-state index is 12.0. The third kappa shape index (κ3) is 4.71. The monoisotopic (exact) mass is 377 g/mol. The Morgan fingerprint density at radius 3 is 2.86 bits per heavy atom. The summed E-state index contributed by atoms with van der Waals surface area (Å²) in [6.07, 6.45) is 1.72. The normalized spacial score (nSPS) is 18.7. The van der Waals surface area contributed by atoms with E-state index in [4.69, 9.17) is 21.1 Å². The van der Waals surface area contributed by atoms with Crippen molar-refractivity contribution in [1.29, 1.82) is 0 Å². The second-order valence-corrected chi connectivity index (χ2v) is 6.91. The Labute approximate surface area is 136 Å². The molecule has 1 amide bonds. The van der Waals surface area contributed by atoms with Crippen LogP contribution in [0.1, 0.15) is 27.2 Å². The molecule has 1 unspecified atom stereocenters. The van der Waals surface area contributed by atoms with Crippen molar-refractivity contribution in [2.24, 2.45) is 0 Å². The van der Waals surface area contributed by atoms with E-state index in [-0.39, 0.29) is 23.2 Å². The average Bonchev–Trinajstić information content (AvgIpc) is 2.79. The summed E-state index contributed by atoms with van der Waals surface area (Å²) in [5, 5.41) is 0.195. The Hall–Kier alpha value is -1.08. The van der Waals surface area contributed by atoms with Crippen molar-refractivity contribution in [2.45, 2.75) is 38.9 Å². The fourth-order valence-corrected chi connectivity index (χ4v) is 2.46. The van der Waals surface area contributed by atoms with Gasteiger partial charge in [-0.1, -0.05) is 11.6 Å². The number of rotatable bonds is 2. The summed E-state index contributed by atoms with van der Waals surface area (Å²) in [5.74, 6) is 0.274. The molecule has 21 heavy (non-hydrogen) atoms. The Morgan fingerprint density at radius 2 is 2.24 bits per heavy atom. The third-order valence-electron chi connectivity index (χ3n) is 2.74. The zero-order chi connectivity index (χ0) is 15.6. The third-order valence-corrected chi connectivity index (χ3v) is 3.37. The largest absolute Gasteiger partial charge is 0.470 e. The summed E-state index contributed by atoms with van der Waals surface area (Å²) in [6.45, 7) is 6.55. The highest BCUT2D eigenvalue weighted by Crippen LogP contribution is 2.25. The molecular weight excluding hydrogens is 362 g/mol. The molecule has 0 saturated carbocycles. The molecule has 1 saturated heterocycles. The van der Waals surface area contributed by atoms with Gasteiger partial charge in [0.2, 0.25) is 0 Å². The lowest BCUT2D eigenvalue weighted by atomic mass is 10.2. The van der Waals surface area contributed by atoms with E-state index in [1.165, 1.54) is 6.20 Å². The van der Waals surface area contributed by atoms with E-state index in [1.807, 2.05) is 20.8 Å². The van der Waals surface area contributed by atoms with Crippen LogP contribution in [0.15, 0.2) is 10.8 Å². The van der Waals surface area contributed by atoms with Gasteiger partial charge in [0.15, 0.2) is 5.15 Å². The van der Waals surface area contributed by atoms with Crippen LogP contribution in [0.5, 0.6) is 5.88 Å². The maximum Gasteiger partial charge on any atom is 0.410 e. The molecule has 0 N–H and O–H groups in total. The Kier molecular flexibility index (Phi) is 4.93. The van der Waals surface area contributed by atoms with Crippen LogP contribution in [-0.4, -0.2) is 45.8 Å². The van der Waals surface area contributed by atoms with Gasteiger partial charge >= 0.3 is 6.09 Å². The lowest BCUT2D eigenvalue weighted by molar-refractivity contribution is 0.0275. The number of halogens is 2. The molecule has 8 heteroatoms. The van der Waals surface area contributed by atoms with Crippen LogP contribution in [0, 0.1) is 0 Å². The number of ether oxygens (including phenoxy) is 2. The molecule has 1 aromatic rings. The zero-order valence-electron chi connectivity index (χ0n) is 12.1. The fraction of sp³-hybridized carbons (Fsp3) is 0.615. The minimum Gasteiger partial charge on any atom is -0.470 e. The second kappa shape index (κ2) is 6.36. The zero-order valence-corrected chi connectivity index (χ0v) is 14.4. The summed E-state index contributed by atoms with van der Waals surface area (Å²) in [7, 11) is 0. The molecule has 0 radical (unpaired) electrons. The summed E-state index contributed by atoms with van der Waals surface area (Å²) >= 11 is 9.14. The molecule has 1 fully saturated rings. The molecule has 6 nitrogen and oxygen atoms in total. The van der Waals surface area contributed by atoms with Crippen LogP contribution < -0.4 is 4.74 Å². The van der Waals surface area contributed by atoms with E-state index >= 15 is 0 Å². The van der Waals surface area contributed by atoms with Crippen molar-refractivity contribution < 1.29 is 14.3 Å². The number of hydrogen-bond acceptors (Lipinski definition) is 5. The van der Waals surface area contributed by atoms with Crippen LogP contribution in [0.25, 0.3) is 0 Å². The first-order valence-corrected chi connectivity index (χ1v) is 7.74. The Morgan fingerprint density at radius 1 is 1.52 bits per heavy atom. The highest BCUT2D eigenvalue weighted by atomic mass is 79.9. The predicted molar refractivity (Wildman–Crippen MR) is 81.6 cm³/mol. The van der Waals surface area contributed by atoms with Crippen LogP contribution in [0.3, 0.4) is 0 Å². The minimum atomic E-state index is -0.503. The van der Waals surface area contributed by atoms with E-state index in [0.29, 0.717) is 24.1 Å². The van der Waals surface area contributed by atoms with Gasteiger partial charge in [-0.2, -0.15) is 0 Å². The highest BCUT2D eigenvalue weighted by Gasteiger charge is 2.31. The standard InChI is InChI=1S/C13H17BrClN3O3/c1-13(2,3)21-12(19)18-5-4-8(7-18)20-11-10(15)17-9(14)6-16-11/h6,8H,4-5,7H2,1-3H3. The molecule has 116 valence electrons. The van der Waals surface area contributed by atoms with Crippen molar-refractivity contribution >= 4 is 33.6 Å². The molecule has 0 aliphatic carbocycles. The number of likely N-dealkylation sites (tertiary alicyclic amines) is 1. The van der Waals surface area contributed by atoms with E-state index in [9.17, 15) is 4.79 Å². The van der Waals surface area contributed by atoms with Crippen molar-refractivity contribution in [3.05, 3.63) is 16.0 Å². The number of carbonyl (C=O) groups excluding carboxylic acids is 1. The van der Waals surface area contributed by atoms with E-state index < -0.39 is 5.60 Å². The number of aromatic nitrogens is 2. The van der Waals surface area contributed by atoms with Crippen molar-refractivity contribution in [2.75, 3.05) is 13.1 Å². The molecule has 0 spiro atoms. The van der Waals surface area contributed by atoms with Gasteiger partial charge in [0.1, 0.15) is 16.3 Å². The minimum absolute atomic E-state index is 0.162. The average molecular weight is 379 g/mol. The van der Waals surface area contributed by atoms with Gasteiger partial charge in [0, 0.05) is 13.0 Å². The predicted octanol–water partition coefficient (Wildman–Crippen LogP) is 3.28. The van der Waals surface area contributed by atoms with Crippen LogP contribution in [0.4, 0.5) is 4.79 Å². The molecule has 2 rings (SSSR count). The lowest BCUT2D eigenvalue weighted by Gasteiger charge is -2.24. The summed E-state index contributed by atoms with van der Waals surface area (Å²) in [4.78, 5) is 21.7. The van der Waals surface area contributed by atoms with E-state index in [0.717, 1.165) is 0 Å². The van der Waals surface area contributed by atoms with Crippen molar-refractivity contribution in [1.82, 2.24) is 14.9 Å². The molecular formula is C13H17BrClN3O3. The summed E-state index contributed by atoms with van der Waals surface area (Å²) in [6, 6.07) is 0. The first-order valence-electron chi connectivity index (χ1n) is 6.57. The number of hydrogen-bond donors (Lipinski definition) is 0. The van der Waals surface area contributed by atoms with Gasteiger partial charge in [-0.05, 0) is 36.7 Å². The highest BCUT2D eigenvalue weighted by molar-refractivity contribution is 9.10. The molecule has 1 aliphatic heterocycles. The van der Waals surface area contributed by atoms with Crippen LogP contribution in [-0.2, 0) is 4.74 Å². The van der Waals surface area contributed by atoms with Gasteiger partial charge < -0.3 is 14.4 Å². The van der Waals surface area contributed by atoms with Gasteiger partial charge in [-0.25, -0.2) is 14.8 Å². The smallest absolute Gasteiger partial charge is 0.410 e. The lowest BCUT2D eigenvalue weighted by Crippen LogP contribution is -2.36. The molecule has 1 atom stereocenters.